The van der Waals surface area contributed by atoms with Gasteiger partial charge in [-0.1, -0.05) is 12.1 Å². The fraction of sp³-hybridized carbons (Fsp3) is 0.278. The van der Waals surface area contributed by atoms with Crippen molar-refractivity contribution in [3.8, 4) is 5.75 Å². The number of hydrogen-bond donors (Lipinski definition) is 3. The minimum atomic E-state index is -0.420. The number of nitro groups is 1. The molecule has 2 aromatic carbocycles. The minimum absolute atomic E-state index is 0.0474. The molecule has 8 heteroatoms. The summed E-state index contributed by atoms with van der Waals surface area (Å²) in [4.78, 5) is 22.8. The summed E-state index contributed by atoms with van der Waals surface area (Å²) in [5.74, 6) is 0.516. The van der Waals surface area contributed by atoms with Crippen molar-refractivity contribution in [3.63, 3.8) is 0 Å². The van der Waals surface area contributed by atoms with Gasteiger partial charge >= 0.3 is 0 Å². The molecular weight excluding hydrogens is 336 g/mol. The molecule has 1 fully saturated rings. The highest BCUT2D eigenvalue weighted by Gasteiger charge is 2.27. The monoisotopic (exact) mass is 356 g/mol. The van der Waals surface area contributed by atoms with Crippen molar-refractivity contribution >= 4 is 11.6 Å². The van der Waals surface area contributed by atoms with Gasteiger partial charge in [-0.25, -0.2) is 10.9 Å². The normalized spacial score (nSPS) is 19.1. The maximum atomic E-state index is 12.3. The number of nitrogens with zero attached hydrogens (tertiary/aromatic N) is 1. The van der Waals surface area contributed by atoms with Gasteiger partial charge in [0, 0.05) is 30.2 Å². The van der Waals surface area contributed by atoms with E-state index in [-0.39, 0.29) is 23.8 Å². The van der Waals surface area contributed by atoms with Crippen molar-refractivity contribution in [2.75, 3.05) is 6.61 Å². The van der Waals surface area contributed by atoms with Gasteiger partial charge in [0.25, 0.3) is 11.6 Å². The third-order valence-electron chi connectivity index (χ3n) is 4.12. The highest BCUT2D eigenvalue weighted by molar-refractivity contribution is 5.94. The second kappa shape index (κ2) is 7.94. The van der Waals surface area contributed by atoms with Crippen LogP contribution in [0.5, 0.6) is 5.75 Å². The minimum Gasteiger partial charge on any atom is -0.494 e. The number of carbonyl (C=O) groups is 1. The van der Waals surface area contributed by atoms with Crippen LogP contribution in [0.4, 0.5) is 5.69 Å². The van der Waals surface area contributed by atoms with Gasteiger partial charge < -0.3 is 10.1 Å². The Morgan fingerprint density at radius 2 is 2.04 bits per heavy atom. The Balaban J connectivity index is 1.59. The molecule has 0 bridgehead atoms. The third kappa shape index (κ3) is 4.16. The van der Waals surface area contributed by atoms with Gasteiger partial charge in [0.15, 0.2) is 0 Å². The van der Waals surface area contributed by atoms with Gasteiger partial charge in [0.05, 0.1) is 17.7 Å². The van der Waals surface area contributed by atoms with Gasteiger partial charge in [0.1, 0.15) is 5.75 Å². The van der Waals surface area contributed by atoms with Crippen molar-refractivity contribution in [2.24, 2.45) is 0 Å². The summed E-state index contributed by atoms with van der Waals surface area (Å²) < 4.78 is 5.36. The van der Waals surface area contributed by atoms with E-state index in [1.165, 1.54) is 12.1 Å². The van der Waals surface area contributed by atoms with Crippen molar-refractivity contribution in [3.05, 3.63) is 69.8 Å². The van der Waals surface area contributed by atoms with Crippen molar-refractivity contribution < 1.29 is 14.5 Å². The molecule has 3 rings (SSSR count). The Hall–Kier alpha value is -2.97. The van der Waals surface area contributed by atoms with Crippen LogP contribution in [-0.4, -0.2) is 23.6 Å². The van der Waals surface area contributed by atoms with Crippen LogP contribution >= 0.6 is 0 Å². The number of nitro benzene ring substituents is 1. The molecule has 3 N–H and O–H groups in total. The van der Waals surface area contributed by atoms with Gasteiger partial charge in [-0.2, -0.15) is 0 Å². The molecule has 2 aromatic rings. The summed E-state index contributed by atoms with van der Waals surface area (Å²) >= 11 is 0. The molecule has 1 saturated heterocycles. The second-order valence-corrected chi connectivity index (χ2v) is 5.91. The van der Waals surface area contributed by atoms with Crippen molar-refractivity contribution in [2.45, 2.75) is 25.6 Å². The summed E-state index contributed by atoms with van der Waals surface area (Å²) in [6.07, 6.45) is 0.294. The highest BCUT2D eigenvalue weighted by atomic mass is 16.6. The molecule has 26 heavy (non-hydrogen) atoms. The molecule has 0 aromatic heterocycles. The zero-order valence-corrected chi connectivity index (χ0v) is 14.3. The van der Waals surface area contributed by atoms with Crippen LogP contribution < -0.4 is 20.9 Å². The SMILES string of the molecule is CCOc1ccc(C(=O)NC2CC(c3cccc([N+](=O)[O-])c3)NN2)cc1. The summed E-state index contributed by atoms with van der Waals surface area (Å²) in [6, 6.07) is 13.3. The summed E-state index contributed by atoms with van der Waals surface area (Å²) in [5, 5.41) is 13.8. The van der Waals surface area contributed by atoms with Crippen LogP contribution in [0, 0.1) is 10.1 Å². The molecule has 0 saturated carbocycles. The first-order valence-corrected chi connectivity index (χ1v) is 8.36. The maximum Gasteiger partial charge on any atom is 0.269 e. The van der Waals surface area contributed by atoms with Crippen LogP contribution in [0.25, 0.3) is 0 Å². The van der Waals surface area contributed by atoms with E-state index in [0.717, 1.165) is 11.3 Å². The van der Waals surface area contributed by atoms with Crippen LogP contribution in [0.3, 0.4) is 0 Å². The first-order chi connectivity index (χ1) is 12.6. The fourth-order valence-electron chi connectivity index (χ4n) is 2.84. The van der Waals surface area contributed by atoms with E-state index in [4.69, 9.17) is 4.74 Å². The Bertz CT molecular complexity index is 794. The summed E-state index contributed by atoms with van der Waals surface area (Å²) in [5.41, 5.74) is 7.45. The van der Waals surface area contributed by atoms with Gasteiger partial charge in [-0.3, -0.25) is 14.9 Å². The number of ether oxygens (including phenoxy) is 1. The number of benzene rings is 2. The molecule has 2 unspecified atom stereocenters. The topological polar surface area (TPSA) is 106 Å². The summed E-state index contributed by atoms with van der Waals surface area (Å²) in [6.45, 7) is 2.47. The Morgan fingerprint density at radius 3 is 2.73 bits per heavy atom. The van der Waals surface area contributed by atoms with E-state index in [9.17, 15) is 14.9 Å². The Morgan fingerprint density at radius 1 is 1.27 bits per heavy atom. The van der Waals surface area contributed by atoms with E-state index >= 15 is 0 Å². The predicted molar refractivity (Wildman–Crippen MR) is 95.6 cm³/mol. The van der Waals surface area contributed by atoms with E-state index < -0.39 is 4.92 Å². The Kier molecular flexibility index (Phi) is 5.45. The standard InChI is InChI=1S/C18H20N4O4/c1-2-26-15-8-6-12(7-9-15)18(23)19-17-11-16(20-21-17)13-4-3-5-14(10-13)22(24)25/h3-10,16-17,20-21H,2,11H2,1H3,(H,19,23). The molecule has 8 nitrogen and oxygen atoms in total. The highest BCUT2D eigenvalue weighted by Crippen LogP contribution is 2.24. The van der Waals surface area contributed by atoms with Gasteiger partial charge in [0.2, 0.25) is 0 Å². The second-order valence-electron chi connectivity index (χ2n) is 5.91. The Labute approximate surface area is 150 Å². The lowest BCUT2D eigenvalue weighted by molar-refractivity contribution is -0.384. The van der Waals surface area contributed by atoms with E-state index in [1.807, 2.05) is 13.0 Å². The van der Waals surface area contributed by atoms with Gasteiger partial charge in [-0.05, 0) is 36.8 Å². The van der Waals surface area contributed by atoms with E-state index in [2.05, 4.69) is 16.2 Å². The van der Waals surface area contributed by atoms with E-state index in [1.54, 1.807) is 30.3 Å². The molecule has 0 radical (unpaired) electrons. The largest absolute Gasteiger partial charge is 0.494 e. The first-order valence-electron chi connectivity index (χ1n) is 8.36. The average Bonchev–Trinajstić information content (AvgIpc) is 3.11. The van der Waals surface area contributed by atoms with Gasteiger partial charge in [-0.15, -0.1) is 0 Å². The molecule has 2 atom stereocenters. The van der Waals surface area contributed by atoms with Crippen molar-refractivity contribution in [1.29, 1.82) is 0 Å². The molecular formula is C18H20N4O4. The molecule has 0 aliphatic carbocycles. The molecule has 1 amide bonds. The molecule has 0 spiro atoms. The zero-order valence-electron chi connectivity index (χ0n) is 14.3. The van der Waals surface area contributed by atoms with Crippen LogP contribution in [0.15, 0.2) is 48.5 Å². The molecule has 1 aliphatic rings. The van der Waals surface area contributed by atoms with Crippen molar-refractivity contribution in [1.82, 2.24) is 16.2 Å². The number of amides is 1. The maximum absolute atomic E-state index is 12.3. The smallest absolute Gasteiger partial charge is 0.269 e. The van der Waals surface area contributed by atoms with E-state index in [0.29, 0.717) is 18.6 Å². The number of non-ortho nitro benzene ring substituents is 1. The number of hydrogen-bond acceptors (Lipinski definition) is 6. The molecule has 1 aliphatic heterocycles. The number of hydrazine groups is 1. The molecule has 136 valence electrons. The molecule has 1 heterocycles. The third-order valence-corrected chi connectivity index (χ3v) is 4.12. The quantitative estimate of drug-likeness (QED) is 0.542. The predicted octanol–water partition coefficient (Wildman–Crippen LogP) is 2.29. The number of rotatable bonds is 6. The van der Waals surface area contributed by atoms with Crippen LogP contribution in [0.1, 0.15) is 35.3 Å². The average molecular weight is 356 g/mol. The number of nitrogens with one attached hydrogen (secondary N) is 3. The lowest BCUT2D eigenvalue weighted by Crippen LogP contribution is -2.44. The fourth-order valence-corrected chi connectivity index (χ4v) is 2.84. The van der Waals surface area contributed by atoms with Crippen LogP contribution in [-0.2, 0) is 0 Å². The van der Waals surface area contributed by atoms with Crippen LogP contribution in [0.2, 0.25) is 0 Å². The lowest BCUT2D eigenvalue weighted by Gasteiger charge is -2.12. The number of carbonyl (C=O) groups excluding carboxylic acids is 1. The summed E-state index contributed by atoms with van der Waals surface area (Å²) in [7, 11) is 0. The lowest BCUT2D eigenvalue weighted by atomic mass is 10.0. The first kappa shape index (κ1) is 17.8. The zero-order chi connectivity index (χ0) is 18.5.